The second kappa shape index (κ2) is 6.47. The third-order valence-electron chi connectivity index (χ3n) is 6.02. The molecular weight excluding hydrogens is 424 g/mol. The fourth-order valence-corrected chi connectivity index (χ4v) is 6.23. The molecule has 0 bridgehead atoms. The van der Waals surface area contributed by atoms with Gasteiger partial charge >= 0.3 is 0 Å². The zero-order chi connectivity index (χ0) is 18.6. The normalized spacial score (nSPS) is 26.8. The van der Waals surface area contributed by atoms with Crippen molar-refractivity contribution in [1.82, 2.24) is 4.31 Å². The van der Waals surface area contributed by atoms with Crippen molar-refractivity contribution < 1.29 is 8.42 Å². The molecule has 2 heterocycles. The average Bonchev–Trinajstić information content (AvgIpc) is 3.09. The van der Waals surface area contributed by atoms with E-state index in [9.17, 15) is 8.42 Å². The monoisotopic (exact) mass is 444 g/mol. The van der Waals surface area contributed by atoms with Crippen LogP contribution in [0.5, 0.6) is 0 Å². The van der Waals surface area contributed by atoms with Gasteiger partial charge in [0.2, 0.25) is 10.0 Å². The molecule has 140 valence electrons. The van der Waals surface area contributed by atoms with Crippen LogP contribution in [-0.4, -0.2) is 25.8 Å². The molecule has 0 radical (unpaired) electrons. The summed E-state index contributed by atoms with van der Waals surface area (Å²) >= 11 is 3.51. The Hall–Kier alpha value is -1.63. The minimum Gasteiger partial charge on any atom is -0.378 e. The van der Waals surface area contributed by atoms with Gasteiger partial charge in [-0.1, -0.05) is 40.2 Å². The topological polar surface area (TPSA) is 49.4 Å². The van der Waals surface area contributed by atoms with Crippen molar-refractivity contribution in [1.29, 1.82) is 0 Å². The van der Waals surface area contributed by atoms with E-state index in [1.807, 2.05) is 12.1 Å². The molecule has 0 saturated carbocycles. The first-order chi connectivity index (χ1) is 13.0. The van der Waals surface area contributed by atoms with E-state index in [1.54, 1.807) is 10.4 Å². The van der Waals surface area contributed by atoms with E-state index < -0.39 is 10.0 Å². The fraction of sp³-hybridized carbons (Fsp3) is 0.333. The number of benzene rings is 2. The van der Waals surface area contributed by atoms with Crippen LogP contribution in [0.3, 0.4) is 0 Å². The van der Waals surface area contributed by atoms with Crippen molar-refractivity contribution in [2.24, 2.45) is 5.92 Å². The molecule has 1 aliphatic carbocycles. The molecule has 3 aliphatic rings. The van der Waals surface area contributed by atoms with Crippen molar-refractivity contribution in [3.05, 3.63) is 70.2 Å². The molecule has 2 aromatic carbocycles. The van der Waals surface area contributed by atoms with Gasteiger partial charge in [0.1, 0.15) is 0 Å². The summed E-state index contributed by atoms with van der Waals surface area (Å²) in [5, 5.41) is 3.68. The van der Waals surface area contributed by atoms with Crippen LogP contribution in [0.15, 0.2) is 64.0 Å². The number of rotatable bonds is 3. The lowest BCUT2D eigenvalue weighted by molar-refractivity contribution is 0.309. The molecule has 2 aromatic rings. The molecule has 0 spiro atoms. The first-order valence-electron chi connectivity index (χ1n) is 9.37. The first kappa shape index (κ1) is 17.5. The standard InChI is InChI=1S/C21H21BrN2O2S/c22-15-7-5-14(6-8-15)21-18-4-1-3-17(18)19-13-16(9-10-20(19)23-21)27(25,26)24-11-2-12-24/h1,3,5-10,13,17-18,21,23H,2,4,11-12H2/t17-,18+,21+/m0/s1. The van der Waals surface area contributed by atoms with Crippen LogP contribution in [0.4, 0.5) is 5.69 Å². The van der Waals surface area contributed by atoms with E-state index in [1.165, 1.54) is 5.56 Å². The number of halogens is 1. The van der Waals surface area contributed by atoms with Gasteiger partial charge in [0.05, 0.1) is 10.9 Å². The average molecular weight is 445 g/mol. The van der Waals surface area contributed by atoms with Gasteiger partial charge in [-0.25, -0.2) is 8.42 Å². The SMILES string of the molecule is O=S(=O)(c1ccc2c(c1)[C@H]1C=CC[C@H]1[C@@H](c1ccc(Br)cc1)N2)N1CCC1. The number of nitrogens with zero attached hydrogens (tertiary/aromatic N) is 1. The van der Waals surface area contributed by atoms with Crippen LogP contribution in [0.25, 0.3) is 0 Å². The zero-order valence-electron chi connectivity index (χ0n) is 14.8. The Labute approximate surface area is 168 Å². The van der Waals surface area contributed by atoms with Crippen molar-refractivity contribution >= 4 is 31.6 Å². The molecule has 4 nitrogen and oxygen atoms in total. The Bertz CT molecular complexity index is 1010. The highest BCUT2D eigenvalue weighted by Crippen LogP contribution is 2.50. The Balaban J connectivity index is 1.54. The molecule has 3 atom stereocenters. The van der Waals surface area contributed by atoms with E-state index in [0.29, 0.717) is 23.9 Å². The van der Waals surface area contributed by atoms with Crippen molar-refractivity contribution in [2.45, 2.75) is 29.7 Å². The van der Waals surface area contributed by atoms with Gasteiger partial charge in [-0.2, -0.15) is 4.31 Å². The minimum atomic E-state index is -3.36. The summed E-state index contributed by atoms with van der Waals surface area (Å²) in [6, 6.07) is 14.3. The van der Waals surface area contributed by atoms with Crippen LogP contribution in [0.1, 0.15) is 35.9 Å². The largest absolute Gasteiger partial charge is 0.378 e. The highest BCUT2D eigenvalue weighted by atomic mass is 79.9. The number of hydrogen-bond donors (Lipinski definition) is 1. The Morgan fingerprint density at radius 3 is 2.56 bits per heavy atom. The molecule has 0 unspecified atom stereocenters. The molecule has 2 aliphatic heterocycles. The third kappa shape index (κ3) is 2.85. The molecule has 1 saturated heterocycles. The molecular formula is C21H21BrN2O2S. The number of fused-ring (bicyclic) bond motifs is 3. The smallest absolute Gasteiger partial charge is 0.243 e. The predicted octanol–water partition coefficient (Wildman–Crippen LogP) is 4.67. The molecule has 27 heavy (non-hydrogen) atoms. The fourth-order valence-electron chi connectivity index (χ4n) is 4.41. The lowest BCUT2D eigenvalue weighted by Gasteiger charge is -2.38. The molecule has 6 heteroatoms. The summed E-state index contributed by atoms with van der Waals surface area (Å²) in [6.07, 6.45) is 6.43. The van der Waals surface area contributed by atoms with Crippen molar-refractivity contribution in [3.63, 3.8) is 0 Å². The maximum Gasteiger partial charge on any atom is 0.243 e. The van der Waals surface area contributed by atoms with Crippen LogP contribution in [0, 0.1) is 5.92 Å². The molecule has 5 rings (SSSR count). The van der Waals surface area contributed by atoms with Crippen LogP contribution >= 0.6 is 15.9 Å². The van der Waals surface area contributed by atoms with Gasteiger partial charge in [-0.05, 0) is 60.2 Å². The summed E-state index contributed by atoms with van der Waals surface area (Å²) in [7, 11) is -3.36. The summed E-state index contributed by atoms with van der Waals surface area (Å²) in [5.74, 6) is 0.655. The summed E-state index contributed by atoms with van der Waals surface area (Å²) in [6.45, 7) is 1.27. The van der Waals surface area contributed by atoms with Gasteiger partial charge < -0.3 is 5.32 Å². The molecule has 1 N–H and O–H groups in total. The van der Waals surface area contributed by atoms with Gasteiger partial charge in [0.25, 0.3) is 0 Å². The summed E-state index contributed by atoms with van der Waals surface area (Å²) in [4.78, 5) is 0.420. The van der Waals surface area contributed by atoms with E-state index in [-0.39, 0.29) is 12.0 Å². The van der Waals surface area contributed by atoms with Gasteiger partial charge in [-0.15, -0.1) is 0 Å². The van der Waals surface area contributed by atoms with Crippen LogP contribution < -0.4 is 5.32 Å². The Morgan fingerprint density at radius 2 is 1.85 bits per heavy atom. The van der Waals surface area contributed by atoms with E-state index in [4.69, 9.17) is 0 Å². The van der Waals surface area contributed by atoms with Gasteiger partial charge in [0.15, 0.2) is 0 Å². The minimum absolute atomic E-state index is 0.225. The van der Waals surface area contributed by atoms with E-state index in [2.05, 4.69) is 57.7 Å². The maximum atomic E-state index is 12.8. The number of sulfonamides is 1. The lowest BCUT2D eigenvalue weighted by Crippen LogP contribution is -2.42. The summed E-state index contributed by atoms with van der Waals surface area (Å²) in [5.41, 5.74) is 3.40. The number of nitrogens with one attached hydrogen (secondary N) is 1. The quantitative estimate of drug-likeness (QED) is 0.699. The second-order valence-corrected chi connectivity index (χ2v) is 10.4. The number of anilines is 1. The van der Waals surface area contributed by atoms with E-state index in [0.717, 1.165) is 28.6 Å². The first-order valence-corrected chi connectivity index (χ1v) is 11.6. The Kier molecular flexibility index (Phi) is 4.18. The van der Waals surface area contributed by atoms with Crippen LogP contribution in [-0.2, 0) is 10.0 Å². The zero-order valence-corrected chi connectivity index (χ0v) is 17.2. The van der Waals surface area contributed by atoms with Gasteiger partial charge in [-0.3, -0.25) is 0 Å². The van der Waals surface area contributed by atoms with E-state index >= 15 is 0 Å². The highest BCUT2D eigenvalue weighted by molar-refractivity contribution is 9.10. The van der Waals surface area contributed by atoms with Gasteiger partial charge in [0, 0.05) is 29.2 Å². The highest BCUT2D eigenvalue weighted by Gasteiger charge is 2.39. The predicted molar refractivity (Wildman–Crippen MR) is 110 cm³/mol. The van der Waals surface area contributed by atoms with Crippen molar-refractivity contribution in [2.75, 3.05) is 18.4 Å². The Morgan fingerprint density at radius 1 is 1.07 bits per heavy atom. The third-order valence-corrected chi connectivity index (χ3v) is 8.44. The lowest BCUT2D eigenvalue weighted by atomic mass is 9.77. The van der Waals surface area contributed by atoms with Crippen molar-refractivity contribution in [3.8, 4) is 0 Å². The number of allylic oxidation sites excluding steroid dienone is 2. The van der Waals surface area contributed by atoms with Crippen LogP contribution in [0.2, 0.25) is 0 Å². The number of hydrogen-bond acceptors (Lipinski definition) is 3. The molecule has 0 aromatic heterocycles. The summed E-state index contributed by atoms with van der Waals surface area (Å²) < 4.78 is 28.2. The molecule has 1 fully saturated rings. The maximum absolute atomic E-state index is 12.8. The molecule has 0 amide bonds. The second-order valence-electron chi connectivity index (χ2n) is 7.53.